The molecule has 1 aromatic heterocycles. The van der Waals surface area contributed by atoms with E-state index < -0.39 is 0 Å². The van der Waals surface area contributed by atoms with Crippen molar-refractivity contribution in [2.45, 2.75) is 0 Å². The lowest BCUT2D eigenvalue weighted by atomic mass is 10.1. The fourth-order valence-electron chi connectivity index (χ4n) is 2.61. The molecule has 4 nitrogen and oxygen atoms in total. The average molecular weight is 337 g/mol. The monoisotopic (exact) mass is 336 g/mol. The number of nitrogens with one attached hydrogen (secondary N) is 1. The van der Waals surface area contributed by atoms with Gasteiger partial charge >= 0.3 is 0 Å². The lowest BCUT2D eigenvalue weighted by Crippen LogP contribution is -2.21. The number of carbonyl (C=O) groups excluding carboxylic acids is 1. The summed E-state index contributed by atoms with van der Waals surface area (Å²) in [6, 6.07) is 16.8. The molecule has 0 atom stereocenters. The molecule has 0 radical (unpaired) electrons. The highest BCUT2D eigenvalue weighted by Crippen LogP contribution is 2.29. The topological polar surface area (TPSA) is 51.2 Å². The zero-order valence-corrected chi connectivity index (χ0v) is 13.4. The number of halogens is 1. The van der Waals surface area contributed by atoms with Crippen molar-refractivity contribution in [3.63, 3.8) is 0 Å². The molecule has 3 aromatic rings. The van der Waals surface area contributed by atoms with Gasteiger partial charge in [-0.15, -0.1) is 0 Å². The first-order valence-electron chi connectivity index (χ1n) is 7.49. The number of rotatable bonds is 2. The summed E-state index contributed by atoms with van der Waals surface area (Å²) in [7, 11) is 0. The zero-order chi connectivity index (χ0) is 16.5. The number of pyridine rings is 1. The highest BCUT2D eigenvalue weighted by Gasteiger charge is 2.18. The Kier molecular flexibility index (Phi) is 3.67. The van der Waals surface area contributed by atoms with E-state index in [-0.39, 0.29) is 12.5 Å². The molecule has 0 bridgehead atoms. The van der Waals surface area contributed by atoms with Crippen LogP contribution in [0.2, 0.25) is 5.02 Å². The van der Waals surface area contributed by atoms with Gasteiger partial charge in [-0.2, -0.15) is 0 Å². The number of ether oxygens (including phenoxy) is 1. The molecule has 1 aliphatic heterocycles. The van der Waals surface area contributed by atoms with E-state index in [1.807, 2.05) is 30.3 Å². The zero-order valence-electron chi connectivity index (χ0n) is 12.6. The van der Waals surface area contributed by atoms with E-state index in [2.05, 4.69) is 10.3 Å². The molecule has 0 saturated carbocycles. The van der Waals surface area contributed by atoms with Gasteiger partial charge in [-0.05, 0) is 42.5 Å². The van der Waals surface area contributed by atoms with Crippen molar-refractivity contribution in [1.29, 1.82) is 0 Å². The van der Waals surface area contributed by atoms with Crippen LogP contribution in [0.1, 0.15) is 5.56 Å². The van der Waals surface area contributed by atoms with Crippen LogP contribution in [0.25, 0.3) is 17.0 Å². The Labute approximate surface area is 143 Å². The SMILES string of the molecule is O=C(Nc1ccc2ccccc2n1)C1=Cc2cc(Cl)ccc2OC1. The molecule has 2 aromatic carbocycles. The van der Waals surface area contributed by atoms with E-state index in [0.29, 0.717) is 16.4 Å². The molecule has 2 heterocycles. The second kappa shape index (κ2) is 5.98. The van der Waals surface area contributed by atoms with Crippen LogP contribution in [0, 0.1) is 0 Å². The molecule has 1 amide bonds. The summed E-state index contributed by atoms with van der Waals surface area (Å²) >= 11 is 5.99. The maximum Gasteiger partial charge on any atom is 0.256 e. The van der Waals surface area contributed by atoms with Crippen LogP contribution in [0.15, 0.2) is 60.2 Å². The summed E-state index contributed by atoms with van der Waals surface area (Å²) in [5.74, 6) is 1.000. The minimum absolute atomic E-state index is 0.216. The minimum Gasteiger partial charge on any atom is -0.488 e. The molecule has 0 saturated heterocycles. The second-order valence-corrected chi connectivity index (χ2v) is 5.92. The quantitative estimate of drug-likeness (QED) is 0.759. The predicted octanol–water partition coefficient (Wildman–Crippen LogP) is 4.30. The third-order valence-electron chi connectivity index (χ3n) is 3.82. The van der Waals surface area contributed by atoms with Crippen LogP contribution in [-0.2, 0) is 4.79 Å². The number of nitrogens with zero attached hydrogens (tertiary/aromatic N) is 1. The smallest absolute Gasteiger partial charge is 0.256 e. The first-order valence-corrected chi connectivity index (χ1v) is 7.87. The van der Waals surface area contributed by atoms with Crippen LogP contribution >= 0.6 is 11.6 Å². The Hall–Kier alpha value is -2.85. The molecule has 4 rings (SSSR count). The maximum absolute atomic E-state index is 12.5. The fourth-order valence-corrected chi connectivity index (χ4v) is 2.79. The number of benzene rings is 2. The highest BCUT2D eigenvalue weighted by atomic mass is 35.5. The Morgan fingerprint density at radius 2 is 2.00 bits per heavy atom. The van der Waals surface area contributed by atoms with Crippen molar-refractivity contribution >= 4 is 40.3 Å². The first kappa shape index (κ1) is 14.7. The van der Waals surface area contributed by atoms with Gasteiger partial charge in [0.05, 0.1) is 11.1 Å². The predicted molar refractivity (Wildman–Crippen MR) is 95.3 cm³/mol. The number of carbonyl (C=O) groups is 1. The molecule has 118 valence electrons. The largest absolute Gasteiger partial charge is 0.488 e. The Balaban J connectivity index is 1.59. The van der Waals surface area contributed by atoms with Crippen LogP contribution in [0.5, 0.6) is 5.75 Å². The highest BCUT2D eigenvalue weighted by molar-refractivity contribution is 6.30. The van der Waals surface area contributed by atoms with Gasteiger partial charge in [0.15, 0.2) is 0 Å². The molecule has 1 aliphatic rings. The van der Waals surface area contributed by atoms with Crippen molar-refractivity contribution in [1.82, 2.24) is 4.98 Å². The van der Waals surface area contributed by atoms with E-state index in [4.69, 9.17) is 16.3 Å². The lowest BCUT2D eigenvalue weighted by Gasteiger charge is -2.17. The van der Waals surface area contributed by atoms with Gasteiger partial charge in [0.1, 0.15) is 18.2 Å². The van der Waals surface area contributed by atoms with Crippen LogP contribution in [0.4, 0.5) is 5.82 Å². The molecule has 5 heteroatoms. The minimum atomic E-state index is -0.233. The Bertz CT molecular complexity index is 982. The van der Waals surface area contributed by atoms with Crippen molar-refractivity contribution in [3.05, 3.63) is 70.8 Å². The van der Waals surface area contributed by atoms with Crippen molar-refractivity contribution < 1.29 is 9.53 Å². The van der Waals surface area contributed by atoms with Crippen LogP contribution in [0.3, 0.4) is 0 Å². The molecular formula is C19H13ClN2O2. The van der Waals surface area contributed by atoms with E-state index in [1.165, 1.54) is 0 Å². The standard InChI is InChI=1S/C19H13ClN2O2/c20-15-6-7-17-13(10-15)9-14(11-24-17)19(23)22-18-8-5-12-3-1-2-4-16(12)21-18/h1-10H,11H2,(H,21,22,23). The number of hydrogen-bond acceptors (Lipinski definition) is 3. The van der Waals surface area contributed by atoms with Crippen molar-refractivity contribution in [2.75, 3.05) is 11.9 Å². The molecular weight excluding hydrogens is 324 g/mol. The number of hydrogen-bond donors (Lipinski definition) is 1. The molecule has 0 fully saturated rings. The Morgan fingerprint density at radius 3 is 2.92 bits per heavy atom. The summed E-state index contributed by atoms with van der Waals surface area (Å²) in [6.07, 6.45) is 1.79. The molecule has 0 aliphatic carbocycles. The lowest BCUT2D eigenvalue weighted by molar-refractivity contribution is -0.113. The maximum atomic E-state index is 12.5. The number of aromatic nitrogens is 1. The third-order valence-corrected chi connectivity index (χ3v) is 4.05. The Morgan fingerprint density at radius 1 is 1.12 bits per heavy atom. The van der Waals surface area contributed by atoms with Crippen molar-refractivity contribution in [3.8, 4) is 5.75 Å². The van der Waals surface area contributed by atoms with E-state index in [0.717, 1.165) is 22.2 Å². The summed E-state index contributed by atoms with van der Waals surface area (Å²) in [6.45, 7) is 0.216. The van der Waals surface area contributed by atoms with Gasteiger partial charge in [-0.25, -0.2) is 4.98 Å². The van der Waals surface area contributed by atoms with E-state index >= 15 is 0 Å². The van der Waals surface area contributed by atoms with Crippen molar-refractivity contribution in [2.24, 2.45) is 0 Å². The fraction of sp³-hybridized carbons (Fsp3) is 0.0526. The number of fused-ring (bicyclic) bond motifs is 2. The van der Waals surface area contributed by atoms with Gasteiger partial charge in [0.2, 0.25) is 0 Å². The van der Waals surface area contributed by atoms with E-state index in [1.54, 1.807) is 30.3 Å². The van der Waals surface area contributed by atoms with Gasteiger partial charge in [0.25, 0.3) is 5.91 Å². The van der Waals surface area contributed by atoms with Crippen LogP contribution in [-0.4, -0.2) is 17.5 Å². The molecule has 1 N–H and O–H groups in total. The van der Waals surface area contributed by atoms with Gasteiger partial charge in [-0.1, -0.05) is 29.8 Å². The number of anilines is 1. The molecule has 0 spiro atoms. The number of amides is 1. The van der Waals surface area contributed by atoms with Crippen LogP contribution < -0.4 is 10.1 Å². The van der Waals surface area contributed by atoms with Gasteiger partial charge < -0.3 is 10.1 Å². The second-order valence-electron chi connectivity index (χ2n) is 5.48. The average Bonchev–Trinajstić information content (AvgIpc) is 2.61. The van der Waals surface area contributed by atoms with Gasteiger partial charge in [0, 0.05) is 16.0 Å². The molecule has 24 heavy (non-hydrogen) atoms. The third kappa shape index (κ3) is 2.84. The summed E-state index contributed by atoms with van der Waals surface area (Å²) < 4.78 is 5.61. The first-order chi connectivity index (χ1) is 11.7. The number of para-hydroxylation sites is 1. The normalized spacial score (nSPS) is 13.0. The molecule has 0 unspecified atom stereocenters. The summed E-state index contributed by atoms with van der Waals surface area (Å²) in [5, 5.41) is 4.45. The summed E-state index contributed by atoms with van der Waals surface area (Å²) in [4.78, 5) is 16.9. The van der Waals surface area contributed by atoms with E-state index in [9.17, 15) is 4.79 Å². The van der Waals surface area contributed by atoms with Gasteiger partial charge in [-0.3, -0.25) is 4.79 Å². The summed E-state index contributed by atoms with van der Waals surface area (Å²) in [5.41, 5.74) is 2.16.